The summed E-state index contributed by atoms with van der Waals surface area (Å²) in [5.74, 6) is -0.227. The zero-order valence-corrected chi connectivity index (χ0v) is 14.6. The quantitative estimate of drug-likeness (QED) is 0.694. The van der Waals surface area contributed by atoms with Gasteiger partial charge in [0.1, 0.15) is 0 Å². The van der Waals surface area contributed by atoms with Gasteiger partial charge in [-0.15, -0.1) is 0 Å². The van der Waals surface area contributed by atoms with Crippen molar-refractivity contribution in [2.24, 2.45) is 0 Å². The number of likely N-dealkylation sites (N-methyl/N-ethyl adjacent to an activating group) is 1. The molecule has 3 aromatic rings. The molecule has 27 heavy (non-hydrogen) atoms. The number of hydrogen-bond donors (Lipinski definition) is 2. The zero-order valence-electron chi connectivity index (χ0n) is 14.6. The van der Waals surface area contributed by atoms with Crippen LogP contribution in [0, 0.1) is 0 Å². The molecule has 0 unspecified atom stereocenters. The maximum absolute atomic E-state index is 12.1. The molecule has 2 amide bonds. The number of benzene rings is 2. The summed E-state index contributed by atoms with van der Waals surface area (Å²) in [4.78, 5) is 28.9. The summed E-state index contributed by atoms with van der Waals surface area (Å²) < 4.78 is 5.21. The summed E-state index contributed by atoms with van der Waals surface area (Å²) in [6.07, 6.45) is 0.426. The molecule has 8 nitrogen and oxygen atoms in total. The van der Waals surface area contributed by atoms with Crippen molar-refractivity contribution in [3.05, 3.63) is 66.0 Å². The second-order valence-electron chi connectivity index (χ2n) is 5.87. The largest absolute Gasteiger partial charge is 0.478 e. The maximum Gasteiger partial charge on any atom is 0.335 e. The Bertz CT molecular complexity index is 922. The van der Waals surface area contributed by atoms with Crippen LogP contribution in [-0.4, -0.2) is 45.7 Å². The number of amides is 2. The second kappa shape index (κ2) is 8.13. The van der Waals surface area contributed by atoms with Crippen LogP contribution in [0.15, 0.2) is 59.1 Å². The first-order valence-electron chi connectivity index (χ1n) is 8.26. The monoisotopic (exact) mass is 366 g/mol. The number of aromatic carboxylic acids is 1. The molecule has 0 radical (unpaired) electrons. The minimum Gasteiger partial charge on any atom is -0.478 e. The molecule has 1 aromatic heterocycles. The molecule has 0 saturated heterocycles. The molecule has 0 bridgehead atoms. The van der Waals surface area contributed by atoms with Gasteiger partial charge >= 0.3 is 12.0 Å². The number of carbonyl (C=O) groups is 2. The van der Waals surface area contributed by atoms with Crippen molar-refractivity contribution in [2.45, 2.75) is 6.42 Å². The first-order valence-corrected chi connectivity index (χ1v) is 8.26. The zero-order chi connectivity index (χ0) is 19.2. The fourth-order valence-electron chi connectivity index (χ4n) is 2.34. The number of aromatic nitrogens is 2. The van der Waals surface area contributed by atoms with Crippen LogP contribution in [0.1, 0.15) is 16.2 Å². The molecule has 2 N–H and O–H groups in total. The molecule has 0 aliphatic rings. The van der Waals surface area contributed by atoms with Crippen molar-refractivity contribution in [1.82, 2.24) is 15.0 Å². The number of nitrogens with zero attached hydrogens (tertiary/aromatic N) is 3. The van der Waals surface area contributed by atoms with Gasteiger partial charge in [-0.25, -0.2) is 9.59 Å². The molecule has 0 atom stereocenters. The number of carbonyl (C=O) groups excluding carboxylic acids is 1. The number of rotatable bonds is 6. The summed E-state index contributed by atoms with van der Waals surface area (Å²) in [6, 6.07) is 15.1. The number of nitrogens with one attached hydrogen (secondary N) is 1. The van der Waals surface area contributed by atoms with Gasteiger partial charge in [-0.3, -0.25) is 0 Å². The van der Waals surface area contributed by atoms with E-state index < -0.39 is 5.97 Å². The number of carboxylic acids is 1. The Hall–Kier alpha value is -3.68. The lowest BCUT2D eigenvalue weighted by molar-refractivity contribution is 0.0697. The van der Waals surface area contributed by atoms with Gasteiger partial charge in [0.05, 0.1) is 5.56 Å². The van der Waals surface area contributed by atoms with E-state index in [1.807, 2.05) is 30.3 Å². The average molecular weight is 366 g/mol. The van der Waals surface area contributed by atoms with E-state index in [4.69, 9.17) is 9.63 Å². The highest BCUT2D eigenvalue weighted by molar-refractivity contribution is 5.89. The minimum atomic E-state index is -0.996. The van der Waals surface area contributed by atoms with Gasteiger partial charge in [-0.05, 0) is 36.4 Å². The highest BCUT2D eigenvalue weighted by atomic mass is 16.5. The SMILES string of the molecule is CN(CCc1noc(-c2ccc(C(=O)O)cc2)n1)C(=O)Nc1ccccc1. The Morgan fingerprint density at radius 1 is 1.11 bits per heavy atom. The van der Waals surface area contributed by atoms with Crippen molar-refractivity contribution in [3.8, 4) is 11.5 Å². The summed E-state index contributed by atoms with van der Waals surface area (Å²) in [6.45, 7) is 0.412. The molecular weight excluding hydrogens is 348 g/mol. The van der Waals surface area contributed by atoms with Gasteiger partial charge in [0.2, 0.25) is 0 Å². The Morgan fingerprint density at radius 3 is 2.48 bits per heavy atom. The lowest BCUT2D eigenvalue weighted by atomic mass is 10.1. The van der Waals surface area contributed by atoms with Crippen LogP contribution in [0.3, 0.4) is 0 Å². The van der Waals surface area contributed by atoms with Gasteiger partial charge < -0.3 is 19.8 Å². The number of hydrogen-bond acceptors (Lipinski definition) is 5. The van der Waals surface area contributed by atoms with E-state index in [9.17, 15) is 9.59 Å². The predicted octanol–water partition coefficient (Wildman–Crippen LogP) is 3.14. The van der Waals surface area contributed by atoms with Crippen molar-refractivity contribution < 1.29 is 19.2 Å². The third kappa shape index (κ3) is 4.69. The van der Waals surface area contributed by atoms with Gasteiger partial charge in [0, 0.05) is 31.3 Å². The fourth-order valence-corrected chi connectivity index (χ4v) is 2.34. The molecule has 1 heterocycles. The van der Waals surface area contributed by atoms with E-state index in [0.29, 0.717) is 30.2 Å². The summed E-state index contributed by atoms with van der Waals surface area (Å²) in [5.41, 5.74) is 1.54. The Balaban J connectivity index is 1.56. The van der Waals surface area contributed by atoms with Crippen LogP contribution in [-0.2, 0) is 6.42 Å². The first-order chi connectivity index (χ1) is 13.0. The lowest BCUT2D eigenvalue weighted by Gasteiger charge is -2.16. The third-order valence-corrected chi connectivity index (χ3v) is 3.89. The van der Waals surface area contributed by atoms with Crippen molar-refractivity contribution in [1.29, 1.82) is 0 Å². The van der Waals surface area contributed by atoms with Crippen LogP contribution < -0.4 is 5.32 Å². The smallest absolute Gasteiger partial charge is 0.335 e. The molecule has 0 fully saturated rings. The van der Waals surface area contributed by atoms with E-state index in [0.717, 1.165) is 5.69 Å². The molecule has 0 aliphatic heterocycles. The second-order valence-corrected chi connectivity index (χ2v) is 5.87. The molecule has 3 rings (SSSR count). The Morgan fingerprint density at radius 2 is 1.81 bits per heavy atom. The van der Waals surface area contributed by atoms with Crippen molar-refractivity contribution in [2.75, 3.05) is 18.9 Å². The third-order valence-electron chi connectivity index (χ3n) is 3.89. The van der Waals surface area contributed by atoms with E-state index in [1.54, 1.807) is 19.2 Å². The maximum atomic E-state index is 12.1. The normalized spacial score (nSPS) is 10.4. The van der Waals surface area contributed by atoms with Crippen LogP contribution in [0.5, 0.6) is 0 Å². The molecule has 0 aliphatic carbocycles. The number of carboxylic acid groups (broad SMARTS) is 1. The van der Waals surface area contributed by atoms with E-state index in [1.165, 1.54) is 17.0 Å². The predicted molar refractivity (Wildman–Crippen MR) is 98.5 cm³/mol. The Labute approximate surface area is 155 Å². The fraction of sp³-hybridized carbons (Fsp3) is 0.158. The van der Waals surface area contributed by atoms with Crippen LogP contribution in [0.25, 0.3) is 11.5 Å². The summed E-state index contributed by atoms with van der Waals surface area (Å²) in [7, 11) is 1.68. The highest BCUT2D eigenvalue weighted by Gasteiger charge is 2.13. The topological polar surface area (TPSA) is 109 Å². The van der Waals surface area contributed by atoms with E-state index >= 15 is 0 Å². The van der Waals surface area contributed by atoms with Gasteiger partial charge in [0.25, 0.3) is 5.89 Å². The molecule has 0 saturated carbocycles. The van der Waals surface area contributed by atoms with Crippen LogP contribution >= 0.6 is 0 Å². The molecular formula is C19H18N4O4. The summed E-state index contributed by atoms with van der Waals surface area (Å²) >= 11 is 0. The van der Waals surface area contributed by atoms with Gasteiger partial charge in [0.15, 0.2) is 5.82 Å². The highest BCUT2D eigenvalue weighted by Crippen LogP contribution is 2.18. The molecule has 2 aromatic carbocycles. The number of para-hydroxylation sites is 1. The van der Waals surface area contributed by atoms with E-state index in [-0.39, 0.29) is 11.6 Å². The van der Waals surface area contributed by atoms with Crippen molar-refractivity contribution in [3.63, 3.8) is 0 Å². The minimum absolute atomic E-state index is 0.185. The van der Waals surface area contributed by atoms with Crippen molar-refractivity contribution >= 4 is 17.7 Å². The van der Waals surface area contributed by atoms with E-state index in [2.05, 4.69) is 15.5 Å². The summed E-state index contributed by atoms with van der Waals surface area (Å²) in [5, 5.41) is 15.6. The average Bonchev–Trinajstić information content (AvgIpc) is 3.16. The molecule has 0 spiro atoms. The first kappa shape index (κ1) is 18.1. The Kier molecular flexibility index (Phi) is 5.46. The number of urea groups is 1. The molecule has 138 valence electrons. The standard InChI is InChI=1S/C19H18N4O4/c1-23(19(26)20-15-5-3-2-4-6-15)12-11-16-21-17(27-22-16)13-7-9-14(10-8-13)18(24)25/h2-10H,11-12H2,1H3,(H,20,26)(H,24,25). The van der Waals surface area contributed by atoms with Crippen LogP contribution in [0.4, 0.5) is 10.5 Å². The van der Waals surface area contributed by atoms with Crippen LogP contribution in [0.2, 0.25) is 0 Å². The lowest BCUT2D eigenvalue weighted by Crippen LogP contribution is -2.33. The van der Waals surface area contributed by atoms with Gasteiger partial charge in [-0.2, -0.15) is 4.98 Å². The number of anilines is 1. The van der Waals surface area contributed by atoms with Gasteiger partial charge in [-0.1, -0.05) is 23.4 Å². The molecule has 8 heteroatoms.